The predicted molar refractivity (Wildman–Crippen MR) is 63.2 cm³/mol. The summed E-state index contributed by atoms with van der Waals surface area (Å²) in [6.07, 6.45) is 2.06. The molecule has 0 saturated heterocycles. The van der Waals surface area contributed by atoms with Crippen LogP contribution in [-0.4, -0.2) is 4.98 Å². The first-order valence-corrected chi connectivity index (χ1v) is 5.94. The lowest BCUT2D eigenvalue weighted by molar-refractivity contribution is 0.581. The van der Waals surface area contributed by atoms with Gasteiger partial charge in [0.05, 0.1) is 24.4 Å². The Hall–Kier alpha value is -1.60. The molecule has 16 heavy (non-hydrogen) atoms. The summed E-state index contributed by atoms with van der Waals surface area (Å²) >= 11 is 1.54. The number of aromatic nitrogens is 1. The van der Waals surface area contributed by atoms with E-state index < -0.39 is 0 Å². The van der Waals surface area contributed by atoms with Gasteiger partial charge in [-0.15, -0.1) is 11.3 Å². The minimum absolute atomic E-state index is 0.336. The van der Waals surface area contributed by atoms with Gasteiger partial charge in [-0.25, -0.2) is 4.98 Å². The lowest BCUT2D eigenvalue weighted by Gasteiger charge is -2.00. The Kier molecular flexibility index (Phi) is 3.07. The van der Waals surface area contributed by atoms with Gasteiger partial charge in [0.15, 0.2) is 10.8 Å². The van der Waals surface area contributed by atoms with Crippen molar-refractivity contribution < 1.29 is 4.42 Å². The van der Waals surface area contributed by atoms with Gasteiger partial charge < -0.3 is 4.42 Å². The van der Waals surface area contributed by atoms with Gasteiger partial charge in [0.25, 0.3) is 0 Å². The van der Waals surface area contributed by atoms with Crippen LogP contribution in [0.25, 0.3) is 10.8 Å². The molecule has 0 atom stereocenters. The summed E-state index contributed by atoms with van der Waals surface area (Å²) in [6, 6.07) is 5.91. The van der Waals surface area contributed by atoms with Crippen LogP contribution in [0.5, 0.6) is 0 Å². The van der Waals surface area contributed by atoms with Crippen LogP contribution < -0.4 is 0 Å². The van der Waals surface area contributed by atoms with Crippen molar-refractivity contribution in [2.75, 3.05) is 0 Å². The summed E-state index contributed by atoms with van der Waals surface area (Å²) in [5.41, 5.74) is 1.01. The topological polar surface area (TPSA) is 49.8 Å². The van der Waals surface area contributed by atoms with Gasteiger partial charge in [-0.05, 0) is 18.1 Å². The quantitative estimate of drug-likeness (QED) is 0.812. The van der Waals surface area contributed by atoms with Crippen LogP contribution in [0.1, 0.15) is 30.3 Å². The molecule has 0 N–H and O–H groups in total. The van der Waals surface area contributed by atoms with Crippen LogP contribution in [-0.2, 0) is 6.42 Å². The summed E-state index contributed by atoms with van der Waals surface area (Å²) in [6.45, 7) is 4.17. The number of nitrogens with zero attached hydrogens (tertiary/aromatic N) is 2. The Bertz CT molecular complexity index is 506. The molecule has 0 radical (unpaired) electrons. The van der Waals surface area contributed by atoms with Crippen molar-refractivity contribution in [2.24, 2.45) is 0 Å². The lowest BCUT2D eigenvalue weighted by Crippen LogP contribution is -1.92. The molecule has 2 heterocycles. The van der Waals surface area contributed by atoms with Crippen molar-refractivity contribution in [3.8, 4) is 16.8 Å². The zero-order valence-corrected chi connectivity index (χ0v) is 10.0. The average Bonchev–Trinajstić information content (AvgIpc) is 2.83. The molecule has 0 aromatic carbocycles. The molecule has 2 aromatic heterocycles. The van der Waals surface area contributed by atoms with Gasteiger partial charge in [-0.2, -0.15) is 5.26 Å². The summed E-state index contributed by atoms with van der Waals surface area (Å²) in [5.74, 6) is 1.11. The molecule has 0 aliphatic carbocycles. The van der Waals surface area contributed by atoms with Crippen molar-refractivity contribution in [3.63, 3.8) is 0 Å². The highest BCUT2D eigenvalue weighted by atomic mass is 32.1. The Labute approximate surface area is 98.4 Å². The predicted octanol–water partition coefficient (Wildman–Crippen LogP) is 3.59. The zero-order chi connectivity index (χ0) is 11.5. The molecule has 4 heteroatoms. The maximum absolute atomic E-state index is 8.77. The standard InChI is InChI=1S/C12H12N2OS/c1-8(2)11-10(5-6-13)16-12(14-11)9-4-3-7-15-9/h3-4,7-8H,5H2,1-2H3. The number of rotatable bonds is 3. The van der Waals surface area contributed by atoms with E-state index in [-0.39, 0.29) is 0 Å². The van der Waals surface area contributed by atoms with Gasteiger partial charge in [0, 0.05) is 4.88 Å². The van der Waals surface area contributed by atoms with E-state index in [9.17, 15) is 0 Å². The number of furan rings is 1. The molecule has 2 aromatic rings. The van der Waals surface area contributed by atoms with E-state index in [0.717, 1.165) is 21.3 Å². The second-order valence-corrected chi connectivity index (χ2v) is 4.88. The van der Waals surface area contributed by atoms with Gasteiger partial charge in [0.2, 0.25) is 0 Å². The fraction of sp³-hybridized carbons (Fsp3) is 0.333. The van der Waals surface area contributed by atoms with Gasteiger partial charge in [-0.1, -0.05) is 13.8 Å². The number of nitriles is 1. The van der Waals surface area contributed by atoms with Crippen molar-refractivity contribution in [1.82, 2.24) is 4.98 Å². The van der Waals surface area contributed by atoms with E-state index in [1.165, 1.54) is 0 Å². The van der Waals surface area contributed by atoms with Crippen LogP contribution in [0, 0.1) is 11.3 Å². The van der Waals surface area contributed by atoms with Gasteiger partial charge in [-0.3, -0.25) is 0 Å². The first kappa shape index (κ1) is 10.9. The summed E-state index contributed by atoms with van der Waals surface area (Å²) in [7, 11) is 0. The van der Waals surface area contributed by atoms with Gasteiger partial charge >= 0.3 is 0 Å². The number of hydrogen-bond acceptors (Lipinski definition) is 4. The van der Waals surface area contributed by atoms with Crippen molar-refractivity contribution in [3.05, 3.63) is 29.0 Å². The average molecular weight is 232 g/mol. The van der Waals surface area contributed by atoms with E-state index in [1.54, 1.807) is 17.6 Å². The minimum Gasteiger partial charge on any atom is -0.462 e. The van der Waals surface area contributed by atoms with Crippen LogP contribution in [0.2, 0.25) is 0 Å². The summed E-state index contributed by atoms with van der Waals surface area (Å²) in [5, 5.41) is 9.63. The highest BCUT2D eigenvalue weighted by molar-refractivity contribution is 7.15. The van der Waals surface area contributed by atoms with Crippen molar-refractivity contribution >= 4 is 11.3 Å². The molecule has 2 rings (SSSR count). The Balaban J connectivity index is 2.43. The van der Waals surface area contributed by atoms with Crippen LogP contribution in [0.3, 0.4) is 0 Å². The summed E-state index contributed by atoms with van der Waals surface area (Å²) < 4.78 is 5.31. The fourth-order valence-corrected chi connectivity index (χ4v) is 2.64. The molecule has 0 fully saturated rings. The van der Waals surface area contributed by atoms with E-state index in [2.05, 4.69) is 24.9 Å². The van der Waals surface area contributed by atoms with Crippen LogP contribution in [0.4, 0.5) is 0 Å². The molecule has 0 amide bonds. The number of thiazole rings is 1. The highest BCUT2D eigenvalue weighted by Crippen LogP contribution is 2.32. The molecule has 3 nitrogen and oxygen atoms in total. The maximum Gasteiger partial charge on any atom is 0.162 e. The van der Waals surface area contributed by atoms with E-state index in [4.69, 9.17) is 9.68 Å². The Morgan fingerprint density at radius 1 is 1.56 bits per heavy atom. The van der Waals surface area contributed by atoms with E-state index >= 15 is 0 Å². The molecular weight excluding hydrogens is 220 g/mol. The van der Waals surface area contributed by atoms with Gasteiger partial charge in [0.1, 0.15) is 0 Å². The third-order valence-electron chi connectivity index (χ3n) is 2.25. The largest absolute Gasteiger partial charge is 0.462 e. The molecule has 0 bridgehead atoms. The summed E-state index contributed by atoms with van der Waals surface area (Å²) in [4.78, 5) is 5.59. The lowest BCUT2D eigenvalue weighted by atomic mass is 10.1. The molecule has 0 aliphatic rings. The smallest absolute Gasteiger partial charge is 0.162 e. The van der Waals surface area contributed by atoms with E-state index in [1.807, 2.05) is 12.1 Å². The third-order valence-corrected chi connectivity index (χ3v) is 3.33. The number of hydrogen-bond donors (Lipinski definition) is 0. The Morgan fingerprint density at radius 3 is 2.94 bits per heavy atom. The zero-order valence-electron chi connectivity index (χ0n) is 9.23. The fourth-order valence-electron chi connectivity index (χ4n) is 1.52. The SMILES string of the molecule is CC(C)c1nc(-c2ccco2)sc1CC#N. The molecule has 0 saturated carbocycles. The molecule has 0 spiro atoms. The molecule has 0 aliphatic heterocycles. The maximum atomic E-state index is 8.77. The Morgan fingerprint density at radius 2 is 2.38 bits per heavy atom. The van der Waals surface area contributed by atoms with Crippen molar-refractivity contribution in [1.29, 1.82) is 5.26 Å². The normalized spacial score (nSPS) is 10.6. The van der Waals surface area contributed by atoms with Crippen LogP contribution >= 0.6 is 11.3 Å². The minimum atomic E-state index is 0.336. The molecular formula is C12H12N2OS. The second-order valence-electron chi connectivity index (χ2n) is 3.79. The first-order chi connectivity index (χ1) is 7.72. The molecule has 0 unspecified atom stereocenters. The van der Waals surface area contributed by atoms with Crippen LogP contribution in [0.15, 0.2) is 22.8 Å². The highest BCUT2D eigenvalue weighted by Gasteiger charge is 2.16. The van der Waals surface area contributed by atoms with Crippen molar-refractivity contribution in [2.45, 2.75) is 26.2 Å². The van der Waals surface area contributed by atoms with E-state index in [0.29, 0.717) is 12.3 Å². The third kappa shape index (κ3) is 2.00. The monoisotopic (exact) mass is 232 g/mol. The first-order valence-electron chi connectivity index (χ1n) is 5.12. The molecule has 82 valence electrons. The second kappa shape index (κ2) is 4.50.